The van der Waals surface area contributed by atoms with Gasteiger partial charge in [-0.1, -0.05) is 47.2 Å². The Balaban J connectivity index is 4.76. The van der Waals surface area contributed by atoms with Crippen LogP contribution in [0.1, 0.15) is 26.7 Å². The van der Waals surface area contributed by atoms with Crippen molar-refractivity contribution in [1.82, 2.24) is 0 Å². The maximum Gasteiger partial charge on any atom is 0.139 e. The van der Waals surface area contributed by atoms with Crippen LogP contribution in [0.2, 0.25) is 0 Å². The van der Waals surface area contributed by atoms with Crippen molar-refractivity contribution in [2.45, 2.75) is 37.1 Å². The van der Waals surface area contributed by atoms with Gasteiger partial charge in [0.1, 0.15) is 10.6 Å². The standard InChI is InChI=1S/C12H19BrO2/c1-5-7-11(6-2)8-12(13,9-14)10(3)15-4/h6-7,9-10H,2,5,8H2,1,3-4H3/b11-7-. The van der Waals surface area contributed by atoms with Gasteiger partial charge in [0.2, 0.25) is 0 Å². The van der Waals surface area contributed by atoms with Gasteiger partial charge in [-0.25, -0.2) is 0 Å². The SMILES string of the molecule is C=C/C(=C/CC)CC(Br)(C=O)C(C)OC. The number of ether oxygens (including phenoxy) is 1. The minimum atomic E-state index is -0.656. The van der Waals surface area contributed by atoms with Crippen LogP contribution in [-0.4, -0.2) is 23.8 Å². The summed E-state index contributed by atoms with van der Waals surface area (Å²) in [5.41, 5.74) is 1.06. The Morgan fingerprint density at radius 3 is 2.60 bits per heavy atom. The summed E-state index contributed by atoms with van der Waals surface area (Å²) < 4.78 is 4.53. The zero-order valence-electron chi connectivity index (χ0n) is 9.63. The number of halogens is 1. The highest BCUT2D eigenvalue weighted by atomic mass is 79.9. The average Bonchev–Trinajstić information content (AvgIpc) is 2.26. The number of carbonyl (C=O) groups is 1. The first-order chi connectivity index (χ1) is 7.03. The molecule has 0 aromatic rings. The zero-order chi connectivity index (χ0) is 11.9. The first-order valence-electron chi connectivity index (χ1n) is 5.03. The van der Waals surface area contributed by atoms with E-state index in [1.807, 2.05) is 6.92 Å². The Kier molecular flexibility index (Phi) is 6.77. The summed E-state index contributed by atoms with van der Waals surface area (Å²) in [7, 11) is 1.60. The van der Waals surface area contributed by atoms with Crippen LogP contribution in [-0.2, 0) is 9.53 Å². The van der Waals surface area contributed by atoms with E-state index in [2.05, 4.69) is 35.5 Å². The number of hydrogen-bond donors (Lipinski definition) is 0. The lowest BCUT2D eigenvalue weighted by molar-refractivity contribution is -0.112. The van der Waals surface area contributed by atoms with Crippen LogP contribution in [0, 0.1) is 0 Å². The molecule has 0 aliphatic carbocycles. The minimum Gasteiger partial charge on any atom is -0.380 e. The fourth-order valence-electron chi connectivity index (χ4n) is 1.28. The highest BCUT2D eigenvalue weighted by molar-refractivity contribution is 9.10. The summed E-state index contributed by atoms with van der Waals surface area (Å²) in [5.74, 6) is 0. The number of rotatable bonds is 7. The number of methoxy groups -OCH3 is 1. The van der Waals surface area contributed by atoms with E-state index >= 15 is 0 Å². The molecule has 2 atom stereocenters. The number of aldehydes is 1. The Hall–Kier alpha value is -0.410. The molecule has 3 heteroatoms. The molecule has 0 aliphatic heterocycles. The van der Waals surface area contributed by atoms with E-state index in [-0.39, 0.29) is 6.10 Å². The number of carbonyl (C=O) groups excluding carboxylic acids is 1. The predicted molar refractivity (Wildman–Crippen MR) is 67.4 cm³/mol. The third-order valence-electron chi connectivity index (χ3n) is 2.43. The first-order valence-corrected chi connectivity index (χ1v) is 5.82. The van der Waals surface area contributed by atoms with Gasteiger partial charge in [0, 0.05) is 7.11 Å². The molecule has 0 spiro atoms. The lowest BCUT2D eigenvalue weighted by Crippen LogP contribution is -2.37. The van der Waals surface area contributed by atoms with Crippen molar-refractivity contribution >= 4 is 22.2 Å². The fourth-order valence-corrected chi connectivity index (χ4v) is 1.79. The fraction of sp³-hybridized carbons (Fsp3) is 0.583. The molecule has 86 valence electrons. The summed E-state index contributed by atoms with van der Waals surface area (Å²) in [5, 5.41) is 0. The lowest BCUT2D eigenvalue weighted by Gasteiger charge is -2.27. The van der Waals surface area contributed by atoms with E-state index in [9.17, 15) is 4.79 Å². The van der Waals surface area contributed by atoms with Crippen LogP contribution in [0.5, 0.6) is 0 Å². The van der Waals surface area contributed by atoms with Crippen molar-refractivity contribution in [1.29, 1.82) is 0 Å². The van der Waals surface area contributed by atoms with Crippen LogP contribution < -0.4 is 0 Å². The van der Waals surface area contributed by atoms with Crippen molar-refractivity contribution in [2.24, 2.45) is 0 Å². The lowest BCUT2D eigenvalue weighted by atomic mass is 9.95. The summed E-state index contributed by atoms with van der Waals surface area (Å²) in [6.45, 7) is 7.66. The molecule has 0 rings (SSSR count). The second kappa shape index (κ2) is 6.96. The van der Waals surface area contributed by atoms with Gasteiger partial charge in [-0.15, -0.1) is 0 Å². The van der Waals surface area contributed by atoms with Crippen molar-refractivity contribution < 1.29 is 9.53 Å². The molecule has 0 N–H and O–H groups in total. The molecule has 0 aliphatic rings. The number of alkyl halides is 1. The van der Waals surface area contributed by atoms with Crippen molar-refractivity contribution in [2.75, 3.05) is 7.11 Å². The maximum atomic E-state index is 11.1. The smallest absolute Gasteiger partial charge is 0.139 e. The molecule has 0 aromatic heterocycles. The Bertz CT molecular complexity index is 248. The molecule has 0 aromatic carbocycles. The van der Waals surface area contributed by atoms with E-state index in [4.69, 9.17) is 4.74 Å². The Morgan fingerprint density at radius 1 is 1.67 bits per heavy atom. The van der Waals surface area contributed by atoms with E-state index < -0.39 is 4.32 Å². The molecule has 0 saturated heterocycles. The Morgan fingerprint density at radius 2 is 2.27 bits per heavy atom. The second-order valence-electron chi connectivity index (χ2n) is 3.49. The van der Waals surface area contributed by atoms with Gasteiger partial charge in [-0.2, -0.15) is 0 Å². The third-order valence-corrected chi connectivity index (χ3v) is 3.54. The molecule has 0 heterocycles. The summed E-state index contributed by atoms with van der Waals surface area (Å²) in [6.07, 6.45) is 6.11. The molecule has 0 amide bonds. The van der Waals surface area contributed by atoms with Crippen LogP contribution in [0.3, 0.4) is 0 Å². The highest BCUT2D eigenvalue weighted by Crippen LogP contribution is 2.30. The van der Waals surface area contributed by atoms with Gasteiger partial charge in [0.05, 0.1) is 6.10 Å². The van der Waals surface area contributed by atoms with Gasteiger partial charge in [-0.05, 0) is 19.8 Å². The summed E-state index contributed by atoms with van der Waals surface area (Å²) >= 11 is 3.44. The molecule has 2 unspecified atom stereocenters. The zero-order valence-corrected chi connectivity index (χ0v) is 11.2. The van der Waals surface area contributed by atoms with E-state index in [0.717, 1.165) is 18.3 Å². The van der Waals surface area contributed by atoms with E-state index in [0.29, 0.717) is 6.42 Å². The minimum absolute atomic E-state index is 0.171. The number of hydrogen-bond acceptors (Lipinski definition) is 2. The quantitative estimate of drug-likeness (QED) is 0.405. The summed E-state index contributed by atoms with van der Waals surface area (Å²) in [6, 6.07) is 0. The Labute approximate surface area is 101 Å². The van der Waals surface area contributed by atoms with E-state index in [1.165, 1.54) is 0 Å². The molecule has 0 saturated carbocycles. The average molecular weight is 275 g/mol. The van der Waals surface area contributed by atoms with Crippen LogP contribution in [0.15, 0.2) is 24.3 Å². The molecule has 0 radical (unpaired) electrons. The van der Waals surface area contributed by atoms with Gasteiger partial charge >= 0.3 is 0 Å². The largest absolute Gasteiger partial charge is 0.380 e. The topological polar surface area (TPSA) is 26.3 Å². The van der Waals surface area contributed by atoms with Gasteiger partial charge < -0.3 is 9.53 Å². The second-order valence-corrected chi connectivity index (χ2v) is 4.97. The van der Waals surface area contributed by atoms with Crippen molar-refractivity contribution in [3.05, 3.63) is 24.3 Å². The maximum absolute atomic E-state index is 11.1. The van der Waals surface area contributed by atoms with Gasteiger partial charge in [0.15, 0.2) is 0 Å². The molecular formula is C12H19BrO2. The predicted octanol–water partition coefficient (Wildman–Crippen LogP) is 3.27. The first kappa shape index (κ1) is 14.6. The van der Waals surface area contributed by atoms with Crippen molar-refractivity contribution in [3.8, 4) is 0 Å². The molecule has 0 bridgehead atoms. The summed E-state index contributed by atoms with van der Waals surface area (Å²) in [4.78, 5) is 11.1. The molecule has 2 nitrogen and oxygen atoms in total. The monoisotopic (exact) mass is 274 g/mol. The van der Waals surface area contributed by atoms with Crippen LogP contribution >= 0.6 is 15.9 Å². The van der Waals surface area contributed by atoms with Crippen LogP contribution in [0.25, 0.3) is 0 Å². The normalized spacial score (nSPS) is 18.0. The molecular weight excluding hydrogens is 256 g/mol. The van der Waals surface area contributed by atoms with Crippen LogP contribution in [0.4, 0.5) is 0 Å². The third kappa shape index (κ3) is 4.31. The van der Waals surface area contributed by atoms with Crippen molar-refractivity contribution in [3.63, 3.8) is 0 Å². The molecule has 15 heavy (non-hydrogen) atoms. The van der Waals surface area contributed by atoms with Gasteiger partial charge in [0.25, 0.3) is 0 Å². The highest BCUT2D eigenvalue weighted by Gasteiger charge is 2.33. The number of allylic oxidation sites excluding steroid dienone is 3. The molecule has 0 fully saturated rings. The van der Waals surface area contributed by atoms with E-state index in [1.54, 1.807) is 13.2 Å². The van der Waals surface area contributed by atoms with Gasteiger partial charge in [-0.3, -0.25) is 0 Å².